The fraction of sp³-hybridized carbons (Fsp3) is 0.467. The molecule has 0 radical (unpaired) electrons. The quantitative estimate of drug-likeness (QED) is 0.656. The minimum Gasteiger partial charge on any atom is -0.364 e. The number of benzene rings is 1. The summed E-state index contributed by atoms with van der Waals surface area (Å²) in [6.45, 7) is 0.549. The normalized spacial score (nSPS) is 20.3. The lowest BCUT2D eigenvalue weighted by Crippen LogP contribution is -2.40. The molecule has 1 aliphatic rings. The van der Waals surface area contributed by atoms with Crippen LogP contribution in [0.3, 0.4) is 0 Å². The van der Waals surface area contributed by atoms with E-state index in [0.29, 0.717) is 13.0 Å². The molecule has 1 heterocycles. The van der Waals surface area contributed by atoms with Crippen LogP contribution < -0.4 is 16.4 Å². The molecule has 0 saturated carbocycles. The first kappa shape index (κ1) is 17.3. The Morgan fingerprint density at radius 2 is 1.83 bits per heavy atom. The highest BCUT2D eigenvalue weighted by atomic mass is 19.1. The Balaban J connectivity index is 1.73. The van der Waals surface area contributed by atoms with Crippen molar-refractivity contribution in [1.29, 1.82) is 0 Å². The van der Waals surface area contributed by atoms with Crippen molar-refractivity contribution in [1.82, 2.24) is 10.6 Å². The molecule has 0 aromatic heterocycles. The van der Waals surface area contributed by atoms with Crippen LogP contribution >= 0.6 is 0 Å². The van der Waals surface area contributed by atoms with Gasteiger partial charge in [0.1, 0.15) is 23.3 Å². The van der Waals surface area contributed by atoms with Gasteiger partial charge in [-0.25, -0.2) is 8.78 Å². The molecule has 23 heavy (non-hydrogen) atoms. The van der Waals surface area contributed by atoms with Crippen molar-refractivity contribution < 1.29 is 23.1 Å². The highest BCUT2D eigenvalue weighted by Crippen LogP contribution is 2.18. The van der Waals surface area contributed by atoms with Gasteiger partial charge in [0.15, 0.2) is 0 Å². The van der Waals surface area contributed by atoms with E-state index in [0.717, 1.165) is 18.6 Å². The smallest absolute Gasteiger partial charge is 0.257 e. The summed E-state index contributed by atoms with van der Waals surface area (Å²) < 4.78 is 32.3. The number of hydrogen-bond acceptors (Lipinski definition) is 4. The van der Waals surface area contributed by atoms with E-state index < -0.39 is 29.2 Å². The van der Waals surface area contributed by atoms with E-state index in [2.05, 4.69) is 10.6 Å². The lowest BCUT2D eigenvalue weighted by Gasteiger charge is -2.13. The van der Waals surface area contributed by atoms with E-state index in [9.17, 15) is 18.4 Å². The SMILES string of the molecule is NC[C@H]1CC[C@@H](C(=O)NCCNC(=O)c2c(F)cccc2F)O1. The highest BCUT2D eigenvalue weighted by molar-refractivity contribution is 5.94. The van der Waals surface area contributed by atoms with Gasteiger partial charge in [-0.2, -0.15) is 0 Å². The van der Waals surface area contributed by atoms with Gasteiger partial charge in [0.25, 0.3) is 5.91 Å². The Kier molecular flexibility index (Phi) is 6.00. The van der Waals surface area contributed by atoms with Gasteiger partial charge in [-0.3, -0.25) is 9.59 Å². The molecule has 0 spiro atoms. The summed E-state index contributed by atoms with van der Waals surface area (Å²) in [4.78, 5) is 23.5. The Labute approximate surface area is 132 Å². The molecule has 0 aliphatic carbocycles. The topological polar surface area (TPSA) is 93.5 Å². The number of amides is 2. The van der Waals surface area contributed by atoms with Gasteiger partial charge >= 0.3 is 0 Å². The average molecular weight is 327 g/mol. The Morgan fingerprint density at radius 3 is 2.43 bits per heavy atom. The number of halogens is 2. The van der Waals surface area contributed by atoms with Crippen molar-refractivity contribution in [3.05, 3.63) is 35.4 Å². The Morgan fingerprint density at radius 1 is 1.17 bits per heavy atom. The second kappa shape index (κ2) is 7.98. The molecule has 2 amide bonds. The maximum absolute atomic E-state index is 13.4. The van der Waals surface area contributed by atoms with Gasteiger partial charge in [0.05, 0.1) is 6.10 Å². The van der Waals surface area contributed by atoms with Crippen LogP contribution in [-0.2, 0) is 9.53 Å². The van der Waals surface area contributed by atoms with Crippen molar-refractivity contribution in [3.8, 4) is 0 Å². The number of carbonyl (C=O) groups is 2. The first-order valence-electron chi connectivity index (χ1n) is 7.38. The first-order chi connectivity index (χ1) is 11.0. The minimum absolute atomic E-state index is 0.0470. The van der Waals surface area contributed by atoms with E-state index in [4.69, 9.17) is 10.5 Å². The molecular weight excluding hydrogens is 308 g/mol. The second-order valence-electron chi connectivity index (χ2n) is 5.20. The van der Waals surface area contributed by atoms with Crippen molar-refractivity contribution in [2.45, 2.75) is 25.0 Å². The molecule has 1 aliphatic heterocycles. The number of carbonyl (C=O) groups excluding carboxylic acids is 2. The van der Waals surface area contributed by atoms with Gasteiger partial charge in [-0.1, -0.05) is 6.07 Å². The molecule has 6 nitrogen and oxygen atoms in total. The largest absolute Gasteiger partial charge is 0.364 e. The number of nitrogens with two attached hydrogens (primary N) is 1. The zero-order valence-electron chi connectivity index (χ0n) is 12.5. The first-order valence-corrected chi connectivity index (χ1v) is 7.38. The molecule has 1 aromatic carbocycles. The summed E-state index contributed by atoms with van der Waals surface area (Å²) in [6.07, 6.45) is 0.691. The lowest BCUT2D eigenvalue weighted by molar-refractivity contribution is -0.131. The maximum Gasteiger partial charge on any atom is 0.257 e. The van der Waals surface area contributed by atoms with Crippen LogP contribution in [0.4, 0.5) is 8.78 Å². The van der Waals surface area contributed by atoms with Gasteiger partial charge < -0.3 is 21.1 Å². The predicted molar refractivity (Wildman–Crippen MR) is 78.7 cm³/mol. The van der Waals surface area contributed by atoms with Crippen LogP contribution in [0.2, 0.25) is 0 Å². The molecule has 8 heteroatoms. The molecule has 0 unspecified atom stereocenters. The Bertz CT molecular complexity index is 563. The third-order valence-corrected chi connectivity index (χ3v) is 3.56. The minimum atomic E-state index is -0.932. The van der Waals surface area contributed by atoms with Crippen LogP contribution in [0.15, 0.2) is 18.2 Å². The molecule has 126 valence electrons. The number of rotatable bonds is 6. The predicted octanol–water partition coefficient (Wildman–Crippen LogP) is 0.317. The zero-order chi connectivity index (χ0) is 16.8. The van der Waals surface area contributed by atoms with Crippen molar-refractivity contribution in [2.24, 2.45) is 5.73 Å². The summed E-state index contributed by atoms with van der Waals surface area (Å²) in [5, 5.41) is 4.95. The lowest BCUT2D eigenvalue weighted by atomic mass is 10.2. The summed E-state index contributed by atoms with van der Waals surface area (Å²) in [6, 6.07) is 3.19. The highest BCUT2D eigenvalue weighted by Gasteiger charge is 2.29. The van der Waals surface area contributed by atoms with Crippen molar-refractivity contribution in [2.75, 3.05) is 19.6 Å². The van der Waals surface area contributed by atoms with Gasteiger partial charge in [0.2, 0.25) is 5.91 Å². The molecule has 0 bridgehead atoms. The number of ether oxygens (including phenoxy) is 1. The molecular formula is C15H19F2N3O3. The van der Waals surface area contributed by atoms with E-state index in [1.165, 1.54) is 6.07 Å². The fourth-order valence-corrected chi connectivity index (χ4v) is 2.35. The van der Waals surface area contributed by atoms with Crippen LogP contribution in [0.1, 0.15) is 23.2 Å². The summed E-state index contributed by atoms with van der Waals surface area (Å²) >= 11 is 0. The van der Waals surface area contributed by atoms with Crippen LogP contribution in [0.25, 0.3) is 0 Å². The third-order valence-electron chi connectivity index (χ3n) is 3.56. The Hall–Kier alpha value is -2.06. The van der Waals surface area contributed by atoms with Crippen molar-refractivity contribution in [3.63, 3.8) is 0 Å². The maximum atomic E-state index is 13.4. The molecule has 1 aromatic rings. The summed E-state index contributed by atoms with van der Waals surface area (Å²) in [5.41, 5.74) is 4.83. The van der Waals surface area contributed by atoms with Crippen LogP contribution in [0, 0.1) is 11.6 Å². The number of nitrogens with one attached hydrogen (secondary N) is 2. The van der Waals surface area contributed by atoms with E-state index in [1.807, 2.05) is 0 Å². The van der Waals surface area contributed by atoms with Gasteiger partial charge in [-0.15, -0.1) is 0 Å². The molecule has 4 N–H and O–H groups in total. The fourth-order valence-electron chi connectivity index (χ4n) is 2.35. The zero-order valence-corrected chi connectivity index (χ0v) is 12.5. The number of hydrogen-bond donors (Lipinski definition) is 3. The molecule has 2 rings (SSSR count). The molecule has 1 fully saturated rings. The van der Waals surface area contributed by atoms with E-state index in [-0.39, 0.29) is 25.1 Å². The average Bonchev–Trinajstić information content (AvgIpc) is 3.00. The second-order valence-corrected chi connectivity index (χ2v) is 5.20. The van der Waals surface area contributed by atoms with Crippen LogP contribution in [0.5, 0.6) is 0 Å². The van der Waals surface area contributed by atoms with Gasteiger partial charge in [-0.05, 0) is 25.0 Å². The van der Waals surface area contributed by atoms with Crippen molar-refractivity contribution >= 4 is 11.8 Å². The van der Waals surface area contributed by atoms with Crippen LogP contribution in [-0.4, -0.2) is 43.7 Å². The third kappa shape index (κ3) is 4.46. The summed E-state index contributed by atoms with van der Waals surface area (Å²) in [7, 11) is 0. The standard InChI is InChI=1S/C15H19F2N3O3/c16-10-2-1-3-11(17)13(10)15(22)20-7-6-19-14(21)12-5-4-9(8-18)23-12/h1-3,9,12H,4-8,18H2,(H,19,21)(H,20,22)/t9-,12+/m1/s1. The molecule has 1 saturated heterocycles. The van der Waals surface area contributed by atoms with E-state index in [1.54, 1.807) is 0 Å². The monoisotopic (exact) mass is 327 g/mol. The van der Waals surface area contributed by atoms with E-state index >= 15 is 0 Å². The van der Waals surface area contributed by atoms with Gasteiger partial charge in [0, 0.05) is 19.6 Å². The summed E-state index contributed by atoms with van der Waals surface area (Å²) in [5.74, 6) is -3.01. The molecule has 2 atom stereocenters.